The predicted molar refractivity (Wildman–Crippen MR) is 98.5 cm³/mol. The molecule has 0 atom stereocenters. The number of fused-ring (bicyclic) bond motifs is 1. The van der Waals surface area contributed by atoms with Gasteiger partial charge in [-0.3, -0.25) is 19.4 Å². The molecule has 2 aromatic heterocycles. The first-order valence-electron chi connectivity index (χ1n) is 7.89. The van der Waals surface area contributed by atoms with Crippen LogP contribution in [0.5, 0.6) is 0 Å². The van der Waals surface area contributed by atoms with Gasteiger partial charge in [0.1, 0.15) is 5.69 Å². The van der Waals surface area contributed by atoms with Crippen molar-refractivity contribution in [2.45, 2.75) is 6.42 Å². The summed E-state index contributed by atoms with van der Waals surface area (Å²) in [6, 6.07) is 13.6. The Bertz CT molecular complexity index is 979. The smallest absolute Gasteiger partial charge is 0.284 e. The summed E-state index contributed by atoms with van der Waals surface area (Å²) in [5, 5.41) is 4.71. The second-order valence-electron chi connectivity index (χ2n) is 5.70. The first-order chi connectivity index (χ1) is 12.6. The van der Waals surface area contributed by atoms with Gasteiger partial charge in [-0.2, -0.15) is 0 Å². The van der Waals surface area contributed by atoms with E-state index in [1.807, 2.05) is 17.5 Å². The maximum Gasteiger partial charge on any atom is 0.284 e. The van der Waals surface area contributed by atoms with E-state index < -0.39 is 11.8 Å². The first-order valence-corrected chi connectivity index (χ1v) is 8.77. The average Bonchev–Trinajstić information content (AvgIpc) is 3.23. The molecule has 3 amide bonds. The van der Waals surface area contributed by atoms with Crippen LogP contribution in [-0.4, -0.2) is 22.7 Å². The number of nitrogens with one attached hydrogen (secondary N) is 1. The molecule has 6 nitrogen and oxygen atoms in total. The number of aromatic nitrogens is 1. The van der Waals surface area contributed by atoms with Gasteiger partial charge in [-0.05, 0) is 41.8 Å². The summed E-state index contributed by atoms with van der Waals surface area (Å²) in [7, 11) is 0. The highest BCUT2D eigenvalue weighted by Crippen LogP contribution is 2.28. The predicted octanol–water partition coefficient (Wildman–Crippen LogP) is 3.12. The SMILES string of the molecule is O=C(Cc1cccs1)Nc1cccc(N2C(=O)c3cccnc3C2=O)c1. The van der Waals surface area contributed by atoms with Crippen molar-refractivity contribution in [1.29, 1.82) is 0 Å². The zero-order valence-electron chi connectivity index (χ0n) is 13.5. The highest BCUT2D eigenvalue weighted by atomic mass is 32.1. The van der Waals surface area contributed by atoms with Crippen LogP contribution >= 0.6 is 11.3 Å². The molecule has 0 radical (unpaired) electrons. The molecule has 1 aliphatic heterocycles. The van der Waals surface area contributed by atoms with Crippen molar-refractivity contribution in [3.63, 3.8) is 0 Å². The standard InChI is InChI=1S/C19H13N3O3S/c23-16(11-14-6-3-9-26-14)21-12-4-1-5-13(10-12)22-18(24)15-7-2-8-20-17(15)19(22)25/h1-10H,11H2,(H,21,23). The van der Waals surface area contributed by atoms with Crippen molar-refractivity contribution in [2.75, 3.05) is 10.2 Å². The average molecular weight is 363 g/mol. The van der Waals surface area contributed by atoms with E-state index in [9.17, 15) is 14.4 Å². The van der Waals surface area contributed by atoms with E-state index in [-0.39, 0.29) is 23.6 Å². The lowest BCUT2D eigenvalue weighted by Crippen LogP contribution is -2.29. The highest BCUT2D eigenvalue weighted by Gasteiger charge is 2.37. The van der Waals surface area contributed by atoms with Gasteiger partial charge in [0.2, 0.25) is 5.91 Å². The number of imide groups is 1. The number of carbonyl (C=O) groups excluding carboxylic acids is 3. The molecule has 0 saturated carbocycles. The van der Waals surface area contributed by atoms with Gasteiger partial charge in [0.15, 0.2) is 0 Å². The van der Waals surface area contributed by atoms with E-state index >= 15 is 0 Å². The molecule has 1 aliphatic rings. The molecule has 0 saturated heterocycles. The number of hydrogen-bond donors (Lipinski definition) is 1. The van der Waals surface area contributed by atoms with Crippen molar-refractivity contribution in [2.24, 2.45) is 0 Å². The van der Waals surface area contributed by atoms with Crippen LogP contribution in [0.3, 0.4) is 0 Å². The van der Waals surface area contributed by atoms with Crippen LogP contribution in [0, 0.1) is 0 Å². The minimum Gasteiger partial charge on any atom is -0.326 e. The molecule has 26 heavy (non-hydrogen) atoms. The van der Waals surface area contributed by atoms with E-state index in [0.717, 1.165) is 9.78 Å². The molecule has 4 rings (SSSR count). The molecule has 128 valence electrons. The Morgan fingerprint density at radius 3 is 2.73 bits per heavy atom. The van der Waals surface area contributed by atoms with Crippen molar-refractivity contribution in [1.82, 2.24) is 4.98 Å². The van der Waals surface area contributed by atoms with Crippen molar-refractivity contribution in [3.05, 3.63) is 76.2 Å². The van der Waals surface area contributed by atoms with Crippen LogP contribution in [0.15, 0.2) is 60.1 Å². The van der Waals surface area contributed by atoms with E-state index in [4.69, 9.17) is 0 Å². The van der Waals surface area contributed by atoms with E-state index in [2.05, 4.69) is 10.3 Å². The number of benzene rings is 1. The molecule has 3 heterocycles. The van der Waals surface area contributed by atoms with Gasteiger partial charge >= 0.3 is 0 Å². The summed E-state index contributed by atoms with van der Waals surface area (Å²) >= 11 is 1.51. The molecule has 1 N–H and O–H groups in total. The normalized spacial score (nSPS) is 13.0. The fourth-order valence-corrected chi connectivity index (χ4v) is 3.50. The lowest BCUT2D eigenvalue weighted by Gasteiger charge is -2.15. The van der Waals surface area contributed by atoms with Gasteiger partial charge in [0.05, 0.1) is 17.7 Å². The summed E-state index contributed by atoms with van der Waals surface area (Å²) in [6.45, 7) is 0. The Kier molecular flexibility index (Phi) is 4.06. The number of anilines is 2. The maximum atomic E-state index is 12.5. The lowest BCUT2D eigenvalue weighted by atomic mass is 10.2. The number of thiophene rings is 1. The number of hydrogen-bond acceptors (Lipinski definition) is 5. The number of pyridine rings is 1. The molecule has 1 aromatic carbocycles. The van der Waals surface area contributed by atoms with Crippen molar-refractivity contribution < 1.29 is 14.4 Å². The Morgan fingerprint density at radius 2 is 1.96 bits per heavy atom. The number of nitrogens with zero attached hydrogens (tertiary/aromatic N) is 2. The Balaban J connectivity index is 1.56. The monoisotopic (exact) mass is 363 g/mol. The third-order valence-electron chi connectivity index (χ3n) is 3.95. The van der Waals surface area contributed by atoms with Gasteiger partial charge in [0, 0.05) is 16.8 Å². The molecule has 7 heteroatoms. The molecular formula is C19H13N3O3S. The summed E-state index contributed by atoms with van der Waals surface area (Å²) in [5.74, 6) is -1.04. The topological polar surface area (TPSA) is 79.4 Å². The third kappa shape index (κ3) is 2.89. The van der Waals surface area contributed by atoms with Crippen LogP contribution in [0.1, 0.15) is 25.7 Å². The Hall–Kier alpha value is -3.32. The molecule has 3 aromatic rings. The van der Waals surface area contributed by atoms with Crippen LogP contribution < -0.4 is 10.2 Å². The summed E-state index contributed by atoms with van der Waals surface area (Å²) < 4.78 is 0. The van der Waals surface area contributed by atoms with Gasteiger partial charge in [-0.1, -0.05) is 12.1 Å². The fourth-order valence-electron chi connectivity index (χ4n) is 2.80. The van der Waals surface area contributed by atoms with E-state index in [1.54, 1.807) is 36.4 Å². The van der Waals surface area contributed by atoms with Crippen molar-refractivity contribution >= 4 is 40.4 Å². The van der Waals surface area contributed by atoms with Crippen LogP contribution in [0.25, 0.3) is 0 Å². The van der Waals surface area contributed by atoms with Gasteiger partial charge in [-0.25, -0.2) is 4.90 Å². The largest absolute Gasteiger partial charge is 0.326 e. The Morgan fingerprint density at radius 1 is 1.08 bits per heavy atom. The summed E-state index contributed by atoms with van der Waals surface area (Å²) in [5.41, 5.74) is 1.34. The number of amides is 3. The minimum absolute atomic E-state index is 0.143. The van der Waals surface area contributed by atoms with Gasteiger partial charge < -0.3 is 5.32 Å². The molecule has 0 aliphatic carbocycles. The molecule has 0 spiro atoms. The third-order valence-corrected chi connectivity index (χ3v) is 4.83. The Labute approximate surface area is 153 Å². The second kappa shape index (κ2) is 6.53. The summed E-state index contributed by atoms with van der Waals surface area (Å²) in [4.78, 5) is 43.2. The van der Waals surface area contributed by atoms with Crippen LogP contribution in [-0.2, 0) is 11.2 Å². The molecule has 0 fully saturated rings. The number of rotatable bonds is 4. The highest BCUT2D eigenvalue weighted by molar-refractivity contribution is 7.10. The zero-order chi connectivity index (χ0) is 18.1. The van der Waals surface area contributed by atoms with Gasteiger partial charge in [0.25, 0.3) is 11.8 Å². The van der Waals surface area contributed by atoms with Gasteiger partial charge in [-0.15, -0.1) is 11.3 Å². The molecule has 0 bridgehead atoms. The lowest BCUT2D eigenvalue weighted by molar-refractivity contribution is -0.115. The van der Waals surface area contributed by atoms with Crippen LogP contribution in [0.2, 0.25) is 0 Å². The summed E-state index contributed by atoms with van der Waals surface area (Å²) in [6.07, 6.45) is 1.76. The fraction of sp³-hybridized carbons (Fsp3) is 0.0526. The minimum atomic E-state index is -0.465. The number of carbonyl (C=O) groups is 3. The van der Waals surface area contributed by atoms with E-state index in [0.29, 0.717) is 11.4 Å². The quantitative estimate of drug-likeness (QED) is 0.722. The van der Waals surface area contributed by atoms with Crippen LogP contribution in [0.4, 0.5) is 11.4 Å². The maximum absolute atomic E-state index is 12.5. The molecule has 0 unspecified atom stereocenters. The first kappa shape index (κ1) is 16.2. The second-order valence-corrected chi connectivity index (χ2v) is 6.73. The van der Waals surface area contributed by atoms with E-state index in [1.165, 1.54) is 17.5 Å². The van der Waals surface area contributed by atoms with Crippen molar-refractivity contribution in [3.8, 4) is 0 Å². The zero-order valence-corrected chi connectivity index (χ0v) is 14.3. The molecular weight excluding hydrogens is 350 g/mol.